The van der Waals surface area contributed by atoms with Crippen LogP contribution in [0.1, 0.15) is 31.8 Å². The molecule has 0 amide bonds. The number of hydrogen-bond acceptors (Lipinski definition) is 6. The molecule has 168 valence electrons. The molecule has 0 saturated heterocycles. The van der Waals surface area contributed by atoms with E-state index in [-0.39, 0.29) is 23.9 Å². The smallest absolute Gasteiger partial charge is 0.232 e. The van der Waals surface area contributed by atoms with Gasteiger partial charge in [0.05, 0.1) is 19.8 Å². The van der Waals surface area contributed by atoms with E-state index >= 15 is 0 Å². The van der Waals surface area contributed by atoms with Crippen LogP contribution in [0.5, 0.6) is 23.0 Å². The van der Waals surface area contributed by atoms with Gasteiger partial charge in [0.15, 0.2) is 18.1 Å². The molecule has 0 unspecified atom stereocenters. The normalized spacial score (nSPS) is 13.5. The van der Waals surface area contributed by atoms with Gasteiger partial charge in [-0.25, -0.2) is 0 Å². The van der Waals surface area contributed by atoms with Crippen molar-refractivity contribution in [2.75, 3.05) is 20.8 Å². The largest absolute Gasteiger partial charge is 0.497 e. The highest BCUT2D eigenvalue weighted by atomic mass is 35.5. The summed E-state index contributed by atoms with van der Waals surface area (Å²) in [5.74, 6) is 1.76. The number of benzene rings is 3. The van der Waals surface area contributed by atoms with Crippen molar-refractivity contribution in [1.29, 1.82) is 0 Å². The Labute approximate surface area is 196 Å². The molecule has 0 atom stereocenters. The van der Waals surface area contributed by atoms with Crippen molar-refractivity contribution in [2.24, 2.45) is 0 Å². The van der Waals surface area contributed by atoms with E-state index in [0.717, 1.165) is 0 Å². The van der Waals surface area contributed by atoms with Crippen LogP contribution in [0.25, 0.3) is 6.08 Å². The molecule has 4 rings (SSSR count). The zero-order valence-corrected chi connectivity index (χ0v) is 19.1. The van der Waals surface area contributed by atoms with Gasteiger partial charge >= 0.3 is 0 Å². The summed E-state index contributed by atoms with van der Waals surface area (Å²) in [6, 6.07) is 15.2. The Morgan fingerprint density at radius 3 is 2.45 bits per heavy atom. The van der Waals surface area contributed by atoms with Gasteiger partial charge in [-0.05, 0) is 61.0 Å². The number of rotatable bonds is 7. The van der Waals surface area contributed by atoms with Crippen LogP contribution in [0.15, 0.2) is 60.4 Å². The van der Waals surface area contributed by atoms with E-state index < -0.39 is 0 Å². The summed E-state index contributed by atoms with van der Waals surface area (Å²) in [6.45, 7) is 1.64. The molecule has 0 radical (unpaired) electrons. The molecule has 0 aromatic heterocycles. The number of ketones is 2. The molecule has 0 aliphatic carbocycles. The summed E-state index contributed by atoms with van der Waals surface area (Å²) >= 11 is 5.86. The molecule has 3 aromatic rings. The number of hydrogen-bond donors (Lipinski definition) is 0. The molecule has 1 aliphatic heterocycles. The van der Waals surface area contributed by atoms with Gasteiger partial charge in [0.25, 0.3) is 0 Å². The lowest BCUT2D eigenvalue weighted by atomic mass is 10.0. The first-order valence-electron chi connectivity index (χ1n) is 10.1. The third-order valence-electron chi connectivity index (χ3n) is 5.21. The molecule has 3 aromatic carbocycles. The molecular weight excluding hydrogens is 444 g/mol. The fourth-order valence-corrected chi connectivity index (χ4v) is 3.63. The van der Waals surface area contributed by atoms with Gasteiger partial charge in [-0.3, -0.25) is 9.59 Å². The molecule has 33 heavy (non-hydrogen) atoms. The molecule has 1 aliphatic rings. The molecule has 0 bridgehead atoms. The first-order chi connectivity index (χ1) is 15.9. The van der Waals surface area contributed by atoms with E-state index in [2.05, 4.69) is 0 Å². The van der Waals surface area contributed by atoms with Crippen molar-refractivity contribution >= 4 is 29.2 Å². The Kier molecular flexibility index (Phi) is 6.38. The number of carbonyl (C=O) groups excluding carboxylic acids is 2. The number of carbonyl (C=O) groups is 2. The van der Waals surface area contributed by atoms with Crippen molar-refractivity contribution < 1.29 is 28.5 Å². The summed E-state index contributed by atoms with van der Waals surface area (Å²) < 4.78 is 22.1. The Hall–Kier alpha value is -3.77. The fourth-order valence-electron chi connectivity index (χ4n) is 3.51. The van der Waals surface area contributed by atoms with Crippen LogP contribution >= 0.6 is 11.6 Å². The summed E-state index contributed by atoms with van der Waals surface area (Å²) in [4.78, 5) is 25.3. The Morgan fingerprint density at radius 2 is 1.76 bits per heavy atom. The summed E-state index contributed by atoms with van der Waals surface area (Å²) in [7, 11) is 3.11. The number of methoxy groups -OCH3 is 2. The van der Waals surface area contributed by atoms with Crippen LogP contribution < -0.4 is 18.9 Å². The Balaban J connectivity index is 1.54. The summed E-state index contributed by atoms with van der Waals surface area (Å²) in [6.07, 6.45) is 1.63. The first-order valence-corrected chi connectivity index (χ1v) is 10.5. The highest BCUT2D eigenvalue weighted by Crippen LogP contribution is 2.38. The molecule has 0 fully saturated rings. The minimum absolute atomic E-state index is 0.153. The number of fused-ring (bicyclic) bond motifs is 1. The Morgan fingerprint density at radius 1 is 1.00 bits per heavy atom. The van der Waals surface area contributed by atoms with Crippen molar-refractivity contribution in [1.82, 2.24) is 0 Å². The maximum absolute atomic E-state index is 13.0. The van der Waals surface area contributed by atoms with E-state index in [1.165, 1.54) is 0 Å². The van der Waals surface area contributed by atoms with Crippen LogP contribution in [-0.4, -0.2) is 32.4 Å². The second kappa shape index (κ2) is 9.38. The zero-order valence-electron chi connectivity index (χ0n) is 18.3. The Bertz CT molecular complexity index is 1260. The van der Waals surface area contributed by atoms with E-state index in [1.807, 2.05) is 0 Å². The van der Waals surface area contributed by atoms with E-state index in [4.69, 9.17) is 30.5 Å². The van der Waals surface area contributed by atoms with E-state index in [1.54, 1.807) is 81.8 Å². The first kappa shape index (κ1) is 22.4. The quantitative estimate of drug-likeness (QED) is 0.337. The van der Waals surface area contributed by atoms with Gasteiger partial charge in [0, 0.05) is 28.3 Å². The maximum atomic E-state index is 13.0. The van der Waals surface area contributed by atoms with Gasteiger partial charge in [-0.15, -0.1) is 0 Å². The van der Waals surface area contributed by atoms with Gasteiger partial charge in [0.1, 0.15) is 23.0 Å². The SMILES string of the molecule is COc1ccc(/C=C2\Oc3cc(OCC(=O)c4ccc(Cl)cc4)cc(C)c3C2=O)c(OC)c1. The molecular formula is C26H21ClO6. The van der Waals surface area contributed by atoms with Crippen LogP contribution in [-0.2, 0) is 0 Å². The molecule has 0 spiro atoms. The van der Waals surface area contributed by atoms with Crippen molar-refractivity contribution in [3.05, 3.63) is 87.6 Å². The second-order valence-electron chi connectivity index (χ2n) is 7.38. The predicted octanol–water partition coefficient (Wildman–Crippen LogP) is 5.54. The summed E-state index contributed by atoms with van der Waals surface area (Å²) in [5, 5.41) is 0.555. The minimum Gasteiger partial charge on any atom is -0.497 e. The van der Waals surface area contributed by atoms with Gasteiger partial charge < -0.3 is 18.9 Å². The van der Waals surface area contributed by atoms with Crippen LogP contribution in [0, 0.1) is 6.92 Å². The maximum Gasteiger partial charge on any atom is 0.232 e. The number of aryl methyl sites for hydroxylation is 1. The van der Waals surface area contributed by atoms with Crippen molar-refractivity contribution in [2.45, 2.75) is 6.92 Å². The number of ether oxygens (including phenoxy) is 4. The third kappa shape index (κ3) is 4.71. The summed E-state index contributed by atoms with van der Waals surface area (Å²) in [5.41, 5.74) is 2.33. The topological polar surface area (TPSA) is 71.1 Å². The minimum atomic E-state index is -0.232. The average molecular weight is 465 g/mol. The second-order valence-corrected chi connectivity index (χ2v) is 7.82. The lowest BCUT2D eigenvalue weighted by molar-refractivity contribution is 0.0920. The monoisotopic (exact) mass is 464 g/mol. The molecule has 1 heterocycles. The zero-order chi connectivity index (χ0) is 23.5. The van der Waals surface area contributed by atoms with E-state index in [9.17, 15) is 9.59 Å². The fraction of sp³-hybridized carbons (Fsp3) is 0.154. The lowest BCUT2D eigenvalue weighted by Crippen LogP contribution is -2.11. The average Bonchev–Trinajstić information content (AvgIpc) is 3.13. The van der Waals surface area contributed by atoms with Crippen molar-refractivity contribution in [3.8, 4) is 23.0 Å². The predicted molar refractivity (Wildman–Crippen MR) is 125 cm³/mol. The molecule has 0 N–H and O–H groups in total. The van der Waals surface area contributed by atoms with Gasteiger partial charge in [0.2, 0.25) is 5.78 Å². The van der Waals surface area contributed by atoms with Crippen LogP contribution in [0.4, 0.5) is 0 Å². The lowest BCUT2D eigenvalue weighted by Gasteiger charge is -2.09. The highest BCUT2D eigenvalue weighted by Gasteiger charge is 2.30. The third-order valence-corrected chi connectivity index (χ3v) is 5.46. The van der Waals surface area contributed by atoms with Gasteiger partial charge in [-0.1, -0.05) is 11.6 Å². The number of halogens is 1. The number of Topliss-reactive ketones (excluding diaryl/α,β-unsaturated/α-hetero) is 2. The molecule has 7 heteroatoms. The van der Waals surface area contributed by atoms with Crippen molar-refractivity contribution in [3.63, 3.8) is 0 Å². The molecule has 0 saturated carbocycles. The van der Waals surface area contributed by atoms with E-state index in [0.29, 0.717) is 50.3 Å². The highest BCUT2D eigenvalue weighted by molar-refractivity contribution is 6.30. The van der Waals surface area contributed by atoms with Gasteiger partial charge in [-0.2, -0.15) is 0 Å². The number of allylic oxidation sites excluding steroid dienone is 1. The van der Waals surface area contributed by atoms with Crippen LogP contribution in [0.2, 0.25) is 5.02 Å². The van der Waals surface area contributed by atoms with Crippen LogP contribution in [0.3, 0.4) is 0 Å². The molecule has 6 nitrogen and oxygen atoms in total. The standard InChI is InChI=1S/C26H21ClO6/c1-15-10-20(32-14-21(28)16-4-7-18(27)8-5-16)13-23-25(15)26(29)24(33-23)11-17-6-9-19(30-2)12-22(17)31-3/h4-13H,14H2,1-3H3/b24-11-.